The van der Waals surface area contributed by atoms with Crippen LogP contribution in [0.1, 0.15) is 6.92 Å². The SMILES string of the molecule is C/C(Cl)=C/C(=O)Nc1ccccc1. The maximum atomic E-state index is 11.2. The van der Waals surface area contributed by atoms with Gasteiger partial charge in [0.05, 0.1) is 0 Å². The van der Waals surface area contributed by atoms with Crippen LogP contribution in [0.5, 0.6) is 0 Å². The Balaban J connectivity index is 2.61. The third-order valence-corrected chi connectivity index (χ3v) is 1.48. The Bertz CT molecular complexity index is 315. The third-order valence-electron chi connectivity index (χ3n) is 1.37. The molecule has 1 rings (SSSR count). The van der Waals surface area contributed by atoms with Gasteiger partial charge in [0.2, 0.25) is 5.91 Å². The van der Waals surface area contributed by atoms with E-state index < -0.39 is 0 Å². The second-order valence-corrected chi connectivity index (χ2v) is 3.18. The fraction of sp³-hybridized carbons (Fsp3) is 0.100. The quantitative estimate of drug-likeness (QED) is 0.723. The van der Waals surface area contributed by atoms with Gasteiger partial charge in [0, 0.05) is 16.8 Å². The van der Waals surface area contributed by atoms with Gasteiger partial charge in [-0.25, -0.2) is 0 Å². The number of carbonyl (C=O) groups is 1. The van der Waals surface area contributed by atoms with Crippen LogP contribution in [0, 0.1) is 0 Å². The predicted molar refractivity (Wildman–Crippen MR) is 54.7 cm³/mol. The summed E-state index contributed by atoms with van der Waals surface area (Å²) < 4.78 is 0. The number of carbonyl (C=O) groups excluding carboxylic acids is 1. The number of amides is 1. The fourth-order valence-corrected chi connectivity index (χ4v) is 0.980. The van der Waals surface area contributed by atoms with Crippen molar-refractivity contribution in [3.8, 4) is 0 Å². The standard InChI is InChI=1S/C10H10ClNO/c1-8(11)7-10(13)12-9-5-3-2-4-6-9/h2-7H,1H3,(H,12,13)/b8-7-. The van der Waals surface area contributed by atoms with Crippen molar-refractivity contribution in [3.05, 3.63) is 41.4 Å². The van der Waals surface area contributed by atoms with Gasteiger partial charge in [-0.15, -0.1) is 0 Å². The summed E-state index contributed by atoms with van der Waals surface area (Å²) in [5, 5.41) is 3.14. The molecule has 0 atom stereocenters. The van der Waals surface area contributed by atoms with E-state index in [1.807, 2.05) is 30.3 Å². The van der Waals surface area contributed by atoms with Crippen molar-refractivity contribution >= 4 is 23.2 Å². The van der Waals surface area contributed by atoms with Crippen LogP contribution in [0.2, 0.25) is 0 Å². The molecule has 0 aliphatic rings. The Kier molecular flexibility index (Phi) is 3.53. The third kappa shape index (κ3) is 3.76. The van der Waals surface area contributed by atoms with E-state index in [1.54, 1.807) is 6.92 Å². The molecule has 0 unspecified atom stereocenters. The molecule has 1 N–H and O–H groups in total. The zero-order valence-corrected chi connectivity index (χ0v) is 8.01. The smallest absolute Gasteiger partial charge is 0.249 e. The monoisotopic (exact) mass is 195 g/mol. The van der Waals surface area contributed by atoms with Crippen molar-refractivity contribution in [1.82, 2.24) is 0 Å². The number of hydrogen-bond donors (Lipinski definition) is 1. The van der Waals surface area contributed by atoms with E-state index in [1.165, 1.54) is 6.08 Å². The summed E-state index contributed by atoms with van der Waals surface area (Å²) in [6, 6.07) is 9.22. The fourth-order valence-electron chi connectivity index (χ4n) is 0.880. The number of hydrogen-bond acceptors (Lipinski definition) is 1. The molecule has 0 bridgehead atoms. The van der Waals surface area contributed by atoms with Gasteiger partial charge in [0.25, 0.3) is 0 Å². The summed E-state index contributed by atoms with van der Waals surface area (Å²) in [5.74, 6) is -0.210. The molecule has 0 saturated heterocycles. The van der Waals surface area contributed by atoms with Gasteiger partial charge < -0.3 is 5.32 Å². The first-order valence-electron chi connectivity index (χ1n) is 3.88. The zero-order valence-electron chi connectivity index (χ0n) is 7.25. The van der Waals surface area contributed by atoms with Crippen molar-refractivity contribution in [1.29, 1.82) is 0 Å². The highest BCUT2D eigenvalue weighted by atomic mass is 35.5. The average molecular weight is 196 g/mol. The Morgan fingerprint density at radius 2 is 2.00 bits per heavy atom. The van der Waals surface area contributed by atoms with Gasteiger partial charge in [-0.3, -0.25) is 4.79 Å². The van der Waals surface area contributed by atoms with Crippen molar-refractivity contribution in [2.45, 2.75) is 6.92 Å². The minimum Gasteiger partial charge on any atom is -0.322 e. The van der Waals surface area contributed by atoms with Crippen molar-refractivity contribution in [2.75, 3.05) is 5.32 Å². The van der Waals surface area contributed by atoms with Gasteiger partial charge in [-0.2, -0.15) is 0 Å². The summed E-state index contributed by atoms with van der Waals surface area (Å²) >= 11 is 5.54. The van der Waals surface area contributed by atoms with Gasteiger partial charge in [0.1, 0.15) is 0 Å². The molecule has 0 saturated carbocycles. The second-order valence-electron chi connectivity index (χ2n) is 2.59. The Labute approximate surface area is 82.2 Å². The van der Waals surface area contributed by atoms with Crippen LogP contribution >= 0.6 is 11.6 Å². The van der Waals surface area contributed by atoms with E-state index in [4.69, 9.17) is 11.6 Å². The highest BCUT2D eigenvalue weighted by molar-refractivity contribution is 6.31. The first-order chi connectivity index (χ1) is 6.18. The largest absolute Gasteiger partial charge is 0.322 e. The minimum absolute atomic E-state index is 0.210. The maximum absolute atomic E-state index is 11.2. The number of anilines is 1. The first kappa shape index (κ1) is 9.81. The van der Waals surface area contributed by atoms with Gasteiger partial charge in [-0.1, -0.05) is 29.8 Å². The lowest BCUT2D eigenvalue weighted by Gasteiger charge is -2.00. The molecule has 2 nitrogen and oxygen atoms in total. The second kappa shape index (κ2) is 4.67. The molecule has 0 spiro atoms. The van der Waals surface area contributed by atoms with Crippen LogP contribution in [-0.4, -0.2) is 5.91 Å². The summed E-state index contributed by atoms with van der Waals surface area (Å²) in [5.41, 5.74) is 0.765. The van der Waals surface area contributed by atoms with Crippen LogP contribution in [0.25, 0.3) is 0 Å². The van der Waals surface area contributed by atoms with Crippen molar-refractivity contribution in [3.63, 3.8) is 0 Å². The summed E-state index contributed by atoms with van der Waals surface area (Å²) in [7, 11) is 0. The molecule has 0 aromatic heterocycles. The van der Waals surface area contributed by atoms with E-state index in [-0.39, 0.29) is 5.91 Å². The first-order valence-corrected chi connectivity index (χ1v) is 4.26. The number of para-hydroxylation sites is 1. The summed E-state index contributed by atoms with van der Waals surface area (Å²) in [4.78, 5) is 11.2. The Morgan fingerprint density at radius 3 is 2.54 bits per heavy atom. The van der Waals surface area contributed by atoms with Gasteiger partial charge in [-0.05, 0) is 19.1 Å². The van der Waals surface area contributed by atoms with E-state index in [9.17, 15) is 4.79 Å². The Hall–Kier alpha value is -1.28. The van der Waals surface area contributed by atoms with Crippen LogP contribution in [0.4, 0.5) is 5.69 Å². The molecule has 0 fully saturated rings. The molecular formula is C10H10ClNO. The lowest BCUT2D eigenvalue weighted by molar-refractivity contribution is -0.111. The highest BCUT2D eigenvalue weighted by Crippen LogP contribution is 2.06. The number of rotatable bonds is 2. The molecule has 0 aliphatic carbocycles. The molecular weight excluding hydrogens is 186 g/mol. The number of nitrogens with one attached hydrogen (secondary N) is 1. The molecule has 1 aromatic rings. The molecule has 0 radical (unpaired) electrons. The molecule has 1 amide bonds. The minimum atomic E-state index is -0.210. The Morgan fingerprint density at radius 1 is 1.38 bits per heavy atom. The molecule has 68 valence electrons. The van der Waals surface area contributed by atoms with Crippen LogP contribution in [-0.2, 0) is 4.79 Å². The number of allylic oxidation sites excluding steroid dienone is 1. The molecule has 0 aliphatic heterocycles. The van der Waals surface area contributed by atoms with Gasteiger partial charge >= 0.3 is 0 Å². The van der Waals surface area contributed by atoms with Crippen molar-refractivity contribution < 1.29 is 4.79 Å². The van der Waals surface area contributed by atoms with Crippen LogP contribution in [0.15, 0.2) is 41.4 Å². The summed E-state index contributed by atoms with van der Waals surface area (Å²) in [6.45, 7) is 1.66. The van der Waals surface area contributed by atoms with Crippen LogP contribution in [0.3, 0.4) is 0 Å². The van der Waals surface area contributed by atoms with Crippen LogP contribution < -0.4 is 5.32 Å². The lowest BCUT2D eigenvalue weighted by Crippen LogP contribution is -2.07. The zero-order chi connectivity index (χ0) is 9.68. The summed E-state index contributed by atoms with van der Waals surface area (Å²) in [6.07, 6.45) is 1.34. The van der Waals surface area contributed by atoms with Gasteiger partial charge in [0.15, 0.2) is 0 Å². The molecule has 0 heterocycles. The van der Waals surface area contributed by atoms with E-state index in [0.717, 1.165) is 5.69 Å². The molecule has 13 heavy (non-hydrogen) atoms. The topological polar surface area (TPSA) is 29.1 Å². The van der Waals surface area contributed by atoms with E-state index >= 15 is 0 Å². The lowest BCUT2D eigenvalue weighted by atomic mass is 10.3. The van der Waals surface area contributed by atoms with E-state index in [2.05, 4.69) is 5.32 Å². The molecule has 3 heteroatoms. The highest BCUT2D eigenvalue weighted by Gasteiger charge is 1.96. The van der Waals surface area contributed by atoms with Crippen molar-refractivity contribution in [2.24, 2.45) is 0 Å². The van der Waals surface area contributed by atoms with E-state index in [0.29, 0.717) is 5.03 Å². The predicted octanol–water partition coefficient (Wildman–Crippen LogP) is 2.77. The number of benzene rings is 1. The normalized spacial score (nSPS) is 11.1. The maximum Gasteiger partial charge on any atom is 0.249 e. The molecule has 1 aromatic carbocycles. The average Bonchev–Trinajstić information content (AvgIpc) is 2.04. The number of halogens is 1.